The van der Waals surface area contributed by atoms with Crippen molar-refractivity contribution in [2.45, 2.75) is 19.9 Å². The van der Waals surface area contributed by atoms with E-state index in [-0.39, 0.29) is 5.91 Å². The lowest BCUT2D eigenvalue weighted by Crippen LogP contribution is -2.34. The number of aryl methyl sites for hydroxylation is 1. The van der Waals surface area contributed by atoms with Crippen LogP contribution in [0.2, 0.25) is 0 Å². The number of hydrogen-bond donors (Lipinski definition) is 2. The predicted octanol–water partition coefficient (Wildman–Crippen LogP) is 2.95. The summed E-state index contributed by atoms with van der Waals surface area (Å²) in [7, 11) is 1.60. The molecule has 0 saturated heterocycles. The zero-order valence-electron chi connectivity index (χ0n) is 13.5. The molecule has 0 aliphatic rings. The van der Waals surface area contributed by atoms with Gasteiger partial charge in [0, 0.05) is 11.3 Å². The van der Waals surface area contributed by atoms with Crippen molar-refractivity contribution in [1.82, 2.24) is 5.43 Å². The summed E-state index contributed by atoms with van der Waals surface area (Å²) in [5, 5.41) is 7.13. The first-order valence-electron chi connectivity index (χ1n) is 7.39. The number of carbonyl (C=O) groups is 1. The van der Waals surface area contributed by atoms with Crippen LogP contribution in [0, 0.1) is 6.92 Å². The third-order valence-electron chi connectivity index (χ3n) is 3.31. The highest BCUT2D eigenvalue weighted by molar-refractivity contribution is 5.87. The number of ether oxygens (including phenoxy) is 1. The lowest BCUT2D eigenvalue weighted by atomic mass is 10.2. The van der Waals surface area contributed by atoms with Gasteiger partial charge in [0.2, 0.25) is 0 Å². The number of benzene rings is 2. The number of carbonyl (C=O) groups excluding carboxylic acids is 1. The van der Waals surface area contributed by atoms with Crippen LogP contribution in [0.15, 0.2) is 53.6 Å². The molecule has 0 fully saturated rings. The van der Waals surface area contributed by atoms with Crippen molar-refractivity contribution in [2.24, 2.45) is 5.10 Å². The van der Waals surface area contributed by atoms with Crippen LogP contribution in [-0.4, -0.2) is 25.3 Å². The largest absolute Gasteiger partial charge is 0.496 e. The lowest BCUT2D eigenvalue weighted by Gasteiger charge is -2.13. The molecule has 2 aromatic carbocycles. The van der Waals surface area contributed by atoms with Crippen LogP contribution in [0.5, 0.6) is 5.75 Å². The second kappa shape index (κ2) is 7.98. The summed E-state index contributed by atoms with van der Waals surface area (Å²) in [6, 6.07) is 14.9. The molecule has 0 radical (unpaired) electrons. The van der Waals surface area contributed by atoms with Gasteiger partial charge in [0.15, 0.2) is 0 Å². The Morgan fingerprint density at radius 3 is 2.74 bits per heavy atom. The summed E-state index contributed by atoms with van der Waals surface area (Å²) in [4.78, 5) is 12.1. The van der Waals surface area contributed by atoms with E-state index in [2.05, 4.69) is 15.8 Å². The minimum Gasteiger partial charge on any atom is -0.496 e. The fourth-order valence-corrected chi connectivity index (χ4v) is 2.09. The van der Waals surface area contributed by atoms with Gasteiger partial charge in [-0.05, 0) is 43.7 Å². The van der Waals surface area contributed by atoms with E-state index >= 15 is 0 Å². The number of rotatable bonds is 6. The fourth-order valence-electron chi connectivity index (χ4n) is 2.09. The molecule has 0 aliphatic carbocycles. The van der Waals surface area contributed by atoms with Gasteiger partial charge in [0.1, 0.15) is 11.8 Å². The van der Waals surface area contributed by atoms with E-state index in [0.717, 1.165) is 16.8 Å². The Morgan fingerprint density at radius 2 is 2.00 bits per heavy atom. The summed E-state index contributed by atoms with van der Waals surface area (Å²) in [5.41, 5.74) is 5.37. The second-order valence-electron chi connectivity index (χ2n) is 5.21. The lowest BCUT2D eigenvalue weighted by molar-refractivity contribution is -0.121. The highest BCUT2D eigenvalue weighted by atomic mass is 16.5. The van der Waals surface area contributed by atoms with Crippen molar-refractivity contribution in [3.8, 4) is 5.75 Å². The van der Waals surface area contributed by atoms with Gasteiger partial charge in [-0.25, -0.2) is 5.43 Å². The van der Waals surface area contributed by atoms with Crippen molar-refractivity contribution in [1.29, 1.82) is 0 Å². The van der Waals surface area contributed by atoms with E-state index in [9.17, 15) is 4.79 Å². The molecule has 0 spiro atoms. The number of anilines is 1. The number of hydrazone groups is 1. The molecule has 1 amide bonds. The molecule has 120 valence electrons. The van der Waals surface area contributed by atoms with Crippen molar-refractivity contribution in [2.75, 3.05) is 12.4 Å². The van der Waals surface area contributed by atoms with Crippen LogP contribution in [0.4, 0.5) is 5.69 Å². The molecule has 1 atom stereocenters. The molecule has 5 nitrogen and oxygen atoms in total. The topological polar surface area (TPSA) is 62.7 Å². The van der Waals surface area contributed by atoms with Gasteiger partial charge in [-0.3, -0.25) is 4.79 Å². The molecule has 0 aromatic heterocycles. The van der Waals surface area contributed by atoms with Crippen LogP contribution in [0.3, 0.4) is 0 Å². The van der Waals surface area contributed by atoms with E-state index in [1.807, 2.05) is 55.5 Å². The minimum absolute atomic E-state index is 0.211. The smallest absolute Gasteiger partial charge is 0.262 e. The zero-order chi connectivity index (χ0) is 16.7. The maximum Gasteiger partial charge on any atom is 0.262 e. The molecule has 1 unspecified atom stereocenters. The Balaban J connectivity index is 1.92. The zero-order valence-corrected chi connectivity index (χ0v) is 13.5. The van der Waals surface area contributed by atoms with Crippen molar-refractivity contribution in [3.05, 3.63) is 59.7 Å². The maximum absolute atomic E-state index is 12.1. The number of nitrogens with one attached hydrogen (secondary N) is 2. The fraction of sp³-hybridized carbons (Fsp3) is 0.222. The molecule has 0 heterocycles. The van der Waals surface area contributed by atoms with Crippen molar-refractivity contribution < 1.29 is 9.53 Å². The van der Waals surface area contributed by atoms with Crippen LogP contribution < -0.4 is 15.5 Å². The summed E-state index contributed by atoms with van der Waals surface area (Å²) < 4.78 is 5.22. The Bertz CT molecular complexity index is 698. The average molecular weight is 311 g/mol. The monoisotopic (exact) mass is 311 g/mol. The Kier molecular flexibility index (Phi) is 5.74. The minimum atomic E-state index is -0.397. The van der Waals surface area contributed by atoms with Gasteiger partial charge in [-0.15, -0.1) is 0 Å². The molecule has 23 heavy (non-hydrogen) atoms. The van der Waals surface area contributed by atoms with Crippen LogP contribution in [-0.2, 0) is 4.79 Å². The number of methoxy groups -OCH3 is 1. The van der Waals surface area contributed by atoms with E-state index in [1.54, 1.807) is 20.2 Å². The highest BCUT2D eigenvalue weighted by Crippen LogP contribution is 2.14. The van der Waals surface area contributed by atoms with E-state index in [1.165, 1.54) is 0 Å². The van der Waals surface area contributed by atoms with Crippen LogP contribution in [0.1, 0.15) is 18.1 Å². The Hall–Kier alpha value is -2.82. The predicted molar refractivity (Wildman–Crippen MR) is 93.0 cm³/mol. The standard InChI is InChI=1S/C18H21N3O2/c1-13-7-6-9-16(11-13)20-14(2)18(22)21-19-12-15-8-4-5-10-17(15)23-3/h4-12,14,20H,1-3H3,(H,21,22)/b19-12+. The molecule has 2 N–H and O–H groups in total. The number of para-hydroxylation sites is 1. The quantitative estimate of drug-likeness (QED) is 0.637. The van der Waals surface area contributed by atoms with Gasteiger partial charge in [0.25, 0.3) is 5.91 Å². The van der Waals surface area contributed by atoms with Gasteiger partial charge in [-0.2, -0.15) is 5.10 Å². The Labute approximate surface area is 136 Å². The van der Waals surface area contributed by atoms with Crippen molar-refractivity contribution in [3.63, 3.8) is 0 Å². The molecule has 5 heteroatoms. The second-order valence-corrected chi connectivity index (χ2v) is 5.21. The van der Waals surface area contributed by atoms with Gasteiger partial charge in [0.05, 0.1) is 13.3 Å². The van der Waals surface area contributed by atoms with Crippen molar-refractivity contribution >= 4 is 17.8 Å². The maximum atomic E-state index is 12.1. The average Bonchev–Trinajstić information content (AvgIpc) is 2.55. The van der Waals surface area contributed by atoms with Crippen LogP contribution >= 0.6 is 0 Å². The normalized spacial score (nSPS) is 12.0. The SMILES string of the molecule is COc1ccccc1/C=N/NC(=O)C(C)Nc1cccc(C)c1. The van der Waals surface area contributed by atoms with Gasteiger partial charge in [-0.1, -0.05) is 24.3 Å². The Morgan fingerprint density at radius 1 is 1.22 bits per heavy atom. The summed E-state index contributed by atoms with van der Waals surface area (Å²) in [6.45, 7) is 3.80. The highest BCUT2D eigenvalue weighted by Gasteiger charge is 2.11. The summed E-state index contributed by atoms with van der Waals surface area (Å²) in [5.74, 6) is 0.495. The number of amides is 1. The third kappa shape index (κ3) is 4.85. The summed E-state index contributed by atoms with van der Waals surface area (Å²) >= 11 is 0. The third-order valence-corrected chi connectivity index (χ3v) is 3.31. The molecular formula is C18H21N3O2. The first-order chi connectivity index (χ1) is 11.1. The number of nitrogens with zero attached hydrogens (tertiary/aromatic N) is 1. The van der Waals surface area contributed by atoms with E-state index < -0.39 is 6.04 Å². The molecule has 2 aromatic rings. The first kappa shape index (κ1) is 16.5. The molecular weight excluding hydrogens is 290 g/mol. The molecule has 0 aliphatic heterocycles. The number of hydrogen-bond acceptors (Lipinski definition) is 4. The van der Waals surface area contributed by atoms with E-state index in [4.69, 9.17) is 4.74 Å². The van der Waals surface area contributed by atoms with Gasteiger partial charge >= 0.3 is 0 Å². The molecule has 0 saturated carbocycles. The first-order valence-corrected chi connectivity index (χ1v) is 7.39. The molecule has 0 bridgehead atoms. The summed E-state index contributed by atoms with van der Waals surface area (Å²) in [6.07, 6.45) is 1.57. The molecule has 2 rings (SSSR count). The van der Waals surface area contributed by atoms with Gasteiger partial charge < -0.3 is 10.1 Å². The van der Waals surface area contributed by atoms with Crippen LogP contribution in [0.25, 0.3) is 0 Å². The van der Waals surface area contributed by atoms with E-state index in [0.29, 0.717) is 5.75 Å².